The third-order valence-electron chi connectivity index (χ3n) is 4.42. The van der Waals surface area contributed by atoms with Gasteiger partial charge < -0.3 is 10.2 Å². The van der Waals surface area contributed by atoms with Gasteiger partial charge >= 0.3 is 0 Å². The predicted molar refractivity (Wildman–Crippen MR) is 77.9 cm³/mol. The van der Waals surface area contributed by atoms with E-state index in [4.69, 9.17) is 23.2 Å². The van der Waals surface area contributed by atoms with Gasteiger partial charge in [-0.1, -0.05) is 29.6 Å². The van der Waals surface area contributed by atoms with Crippen molar-refractivity contribution in [2.75, 3.05) is 12.4 Å². The second-order valence-electron chi connectivity index (χ2n) is 5.59. The summed E-state index contributed by atoms with van der Waals surface area (Å²) in [5.41, 5.74) is 0.800. The summed E-state index contributed by atoms with van der Waals surface area (Å²) in [6, 6.07) is 3.58. The minimum Gasteiger partial charge on any atom is -0.380 e. The maximum atomic E-state index is 6.06. The van der Waals surface area contributed by atoms with Crippen LogP contribution in [0.15, 0.2) is 6.07 Å². The molecule has 0 radical (unpaired) electrons. The Labute approximate surface area is 123 Å². The largest absolute Gasteiger partial charge is 0.380 e. The van der Waals surface area contributed by atoms with Gasteiger partial charge in [-0.05, 0) is 32.7 Å². The number of hydrogen-bond acceptors (Lipinski definition) is 4. The predicted octanol–water partition coefficient (Wildman–Crippen LogP) is 3.21. The lowest BCUT2D eigenvalue weighted by molar-refractivity contribution is 0.0608. The third kappa shape index (κ3) is 2.81. The van der Waals surface area contributed by atoms with E-state index in [1.807, 2.05) is 0 Å². The number of piperidine rings is 2. The molecule has 2 aliphatic heterocycles. The second kappa shape index (κ2) is 5.43. The maximum absolute atomic E-state index is 6.06. The lowest BCUT2D eigenvalue weighted by Crippen LogP contribution is -2.52. The molecule has 2 aliphatic rings. The van der Waals surface area contributed by atoms with Crippen molar-refractivity contribution < 1.29 is 0 Å². The molecule has 1 aromatic rings. The quantitative estimate of drug-likeness (QED) is 0.910. The van der Waals surface area contributed by atoms with Gasteiger partial charge in [0.15, 0.2) is 10.3 Å². The minimum atomic E-state index is 0.375. The van der Waals surface area contributed by atoms with Gasteiger partial charge in [0.2, 0.25) is 0 Å². The summed E-state index contributed by atoms with van der Waals surface area (Å²) in [5.74, 6) is 0. The van der Waals surface area contributed by atoms with E-state index in [9.17, 15) is 0 Å². The van der Waals surface area contributed by atoms with Crippen LogP contribution in [-0.2, 0) is 0 Å². The monoisotopic (exact) mass is 300 g/mol. The van der Waals surface area contributed by atoms with E-state index >= 15 is 0 Å². The highest BCUT2D eigenvalue weighted by Gasteiger charge is 2.36. The molecule has 3 heterocycles. The molecule has 19 heavy (non-hydrogen) atoms. The summed E-state index contributed by atoms with van der Waals surface area (Å²) in [6.45, 7) is 0. The normalized spacial score (nSPS) is 31.2. The molecular weight excluding hydrogens is 283 g/mol. The summed E-state index contributed by atoms with van der Waals surface area (Å²) >= 11 is 11.9. The lowest BCUT2D eigenvalue weighted by atomic mass is 9.82. The van der Waals surface area contributed by atoms with Crippen molar-refractivity contribution in [2.24, 2.45) is 0 Å². The molecule has 2 unspecified atom stereocenters. The summed E-state index contributed by atoms with van der Waals surface area (Å²) in [7, 11) is 2.25. The first-order valence-electron chi connectivity index (χ1n) is 6.80. The Morgan fingerprint density at radius 1 is 1.21 bits per heavy atom. The van der Waals surface area contributed by atoms with Crippen LogP contribution in [0.3, 0.4) is 0 Å². The fourth-order valence-electron chi connectivity index (χ4n) is 3.41. The third-order valence-corrected chi connectivity index (χ3v) is 4.88. The fourth-order valence-corrected chi connectivity index (χ4v) is 3.70. The number of nitrogens with zero attached hydrogens (tertiary/aromatic N) is 3. The molecule has 2 bridgehead atoms. The zero-order valence-electron chi connectivity index (χ0n) is 10.9. The lowest BCUT2D eigenvalue weighted by Gasteiger charge is -2.47. The Bertz CT molecular complexity index is 454. The molecule has 0 aromatic carbocycles. The molecule has 2 fully saturated rings. The van der Waals surface area contributed by atoms with Gasteiger partial charge in [-0.2, -0.15) is 0 Å². The molecule has 3 rings (SSSR count). The van der Waals surface area contributed by atoms with Gasteiger partial charge in [-0.15, -0.1) is 10.2 Å². The van der Waals surface area contributed by atoms with E-state index in [0.29, 0.717) is 28.4 Å². The average molecular weight is 301 g/mol. The summed E-state index contributed by atoms with van der Waals surface area (Å²) in [5, 5.41) is 11.8. The molecule has 6 heteroatoms. The van der Waals surface area contributed by atoms with E-state index in [1.54, 1.807) is 6.07 Å². The van der Waals surface area contributed by atoms with E-state index < -0.39 is 0 Å². The Hall–Kier alpha value is -0.580. The average Bonchev–Trinajstić information content (AvgIpc) is 2.35. The summed E-state index contributed by atoms with van der Waals surface area (Å²) in [4.78, 5) is 2.54. The van der Waals surface area contributed by atoms with E-state index in [2.05, 4.69) is 27.5 Å². The van der Waals surface area contributed by atoms with Crippen LogP contribution in [-0.4, -0.2) is 40.3 Å². The molecule has 2 saturated heterocycles. The highest BCUT2D eigenvalue weighted by Crippen LogP contribution is 2.34. The minimum absolute atomic E-state index is 0.375. The first-order valence-corrected chi connectivity index (χ1v) is 7.56. The van der Waals surface area contributed by atoms with Crippen molar-refractivity contribution >= 4 is 28.9 Å². The molecule has 0 amide bonds. The van der Waals surface area contributed by atoms with Crippen LogP contribution in [0.2, 0.25) is 10.3 Å². The van der Waals surface area contributed by atoms with Crippen molar-refractivity contribution in [1.29, 1.82) is 0 Å². The fraction of sp³-hybridized carbons (Fsp3) is 0.692. The van der Waals surface area contributed by atoms with Crippen LogP contribution >= 0.6 is 23.2 Å². The Morgan fingerprint density at radius 3 is 2.58 bits per heavy atom. The Morgan fingerprint density at radius 2 is 1.89 bits per heavy atom. The molecule has 0 aliphatic carbocycles. The number of halogens is 2. The van der Waals surface area contributed by atoms with Crippen molar-refractivity contribution in [2.45, 2.75) is 50.2 Å². The van der Waals surface area contributed by atoms with Crippen molar-refractivity contribution in [1.82, 2.24) is 15.1 Å². The first-order chi connectivity index (χ1) is 9.13. The summed E-state index contributed by atoms with van der Waals surface area (Å²) < 4.78 is 0. The van der Waals surface area contributed by atoms with Crippen molar-refractivity contribution in [3.8, 4) is 0 Å². The van der Waals surface area contributed by atoms with Crippen LogP contribution in [0.5, 0.6) is 0 Å². The molecule has 104 valence electrons. The molecule has 2 atom stereocenters. The van der Waals surface area contributed by atoms with Crippen LogP contribution in [0, 0.1) is 0 Å². The number of rotatable bonds is 2. The highest BCUT2D eigenvalue weighted by molar-refractivity contribution is 6.33. The van der Waals surface area contributed by atoms with E-state index in [0.717, 1.165) is 18.5 Å². The van der Waals surface area contributed by atoms with Crippen LogP contribution < -0.4 is 5.32 Å². The zero-order valence-corrected chi connectivity index (χ0v) is 12.5. The maximum Gasteiger partial charge on any atom is 0.174 e. The van der Waals surface area contributed by atoms with Crippen LogP contribution in [0.25, 0.3) is 0 Å². The van der Waals surface area contributed by atoms with Crippen LogP contribution in [0.4, 0.5) is 5.69 Å². The highest BCUT2D eigenvalue weighted by atomic mass is 35.5. The second-order valence-corrected chi connectivity index (χ2v) is 6.33. The Kier molecular flexibility index (Phi) is 3.83. The number of fused-ring (bicyclic) bond motifs is 2. The molecule has 1 aromatic heterocycles. The van der Waals surface area contributed by atoms with Gasteiger partial charge in [0.05, 0.1) is 5.69 Å². The summed E-state index contributed by atoms with van der Waals surface area (Å²) in [6.07, 6.45) is 6.27. The van der Waals surface area contributed by atoms with Crippen molar-refractivity contribution in [3.63, 3.8) is 0 Å². The number of nitrogens with one attached hydrogen (secondary N) is 1. The van der Waals surface area contributed by atoms with Gasteiger partial charge in [0.25, 0.3) is 0 Å². The SMILES string of the molecule is CN1C2CCCC1CC(Nc1cc(Cl)nnc1Cl)C2. The number of anilines is 1. The molecule has 0 spiro atoms. The van der Waals surface area contributed by atoms with Crippen molar-refractivity contribution in [3.05, 3.63) is 16.4 Å². The van der Waals surface area contributed by atoms with Gasteiger partial charge in [-0.25, -0.2) is 0 Å². The topological polar surface area (TPSA) is 41.0 Å². The number of aromatic nitrogens is 2. The molecule has 1 N–H and O–H groups in total. The zero-order chi connectivity index (χ0) is 13.4. The van der Waals surface area contributed by atoms with E-state index in [1.165, 1.54) is 19.3 Å². The van der Waals surface area contributed by atoms with Crippen LogP contribution in [0.1, 0.15) is 32.1 Å². The van der Waals surface area contributed by atoms with Gasteiger partial charge in [-0.3, -0.25) is 0 Å². The standard InChI is InChI=1S/C13H18Cl2N4/c1-19-9-3-2-4-10(19)6-8(5-9)16-11-7-12(14)17-18-13(11)15/h7-10H,2-6H2,1H3,(H,16,17). The first kappa shape index (κ1) is 13.4. The van der Waals surface area contributed by atoms with E-state index in [-0.39, 0.29) is 0 Å². The molecule has 0 saturated carbocycles. The molecular formula is C13H18Cl2N4. The van der Waals surface area contributed by atoms with Gasteiger partial charge in [0.1, 0.15) is 0 Å². The van der Waals surface area contributed by atoms with Gasteiger partial charge in [0, 0.05) is 24.2 Å². The smallest absolute Gasteiger partial charge is 0.174 e. The Balaban J connectivity index is 1.72. The number of hydrogen-bond donors (Lipinski definition) is 1. The molecule has 4 nitrogen and oxygen atoms in total.